The highest BCUT2D eigenvalue weighted by Gasteiger charge is 2.34. The number of rotatable bonds is 3. The Morgan fingerprint density at radius 2 is 1.62 bits per heavy atom. The van der Waals surface area contributed by atoms with Crippen molar-refractivity contribution < 1.29 is 21.6 Å². The fraction of sp³-hybridized carbons (Fsp3) is 0.278. The van der Waals surface area contributed by atoms with Crippen molar-refractivity contribution in [3.63, 3.8) is 0 Å². The fourth-order valence-electron chi connectivity index (χ4n) is 3.21. The molecule has 0 spiro atoms. The molecule has 1 aliphatic rings. The summed E-state index contributed by atoms with van der Waals surface area (Å²) in [6, 6.07) is 7.21. The van der Waals surface area contributed by atoms with Crippen LogP contribution in [0.5, 0.6) is 0 Å². The zero-order valence-corrected chi connectivity index (χ0v) is 14.8. The van der Waals surface area contributed by atoms with E-state index >= 15 is 0 Å². The third-order valence-corrected chi connectivity index (χ3v) is 5.42. The van der Waals surface area contributed by atoms with Crippen molar-refractivity contribution in [3.8, 4) is 0 Å². The van der Waals surface area contributed by atoms with E-state index in [2.05, 4.69) is 4.98 Å². The van der Waals surface area contributed by atoms with E-state index in [-0.39, 0.29) is 10.6 Å². The summed E-state index contributed by atoms with van der Waals surface area (Å²) in [7, 11) is -3.79. The Morgan fingerprint density at radius 3 is 2.15 bits per heavy atom. The number of primary sulfonamides is 1. The lowest BCUT2D eigenvalue weighted by atomic mass is 9.97. The molecule has 0 amide bonds. The third kappa shape index (κ3) is 3.66. The van der Waals surface area contributed by atoms with Crippen LogP contribution in [0.1, 0.15) is 41.6 Å². The molecule has 1 aliphatic carbocycles. The Hall–Kier alpha value is -2.19. The number of allylic oxidation sites excluding steroid dienone is 2. The number of nitrogens with zero attached hydrogens (tertiary/aromatic N) is 1. The third-order valence-electron chi connectivity index (χ3n) is 4.49. The molecule has 1 aromatic carbocycles. The van der Waals surface area contributed by atoms with Gasteiger partial charge in [0.15, 0.2) is 0 Å². The maximum atomic E-state index is 13.2. The molecule has 3 rings (SSSR count). The van der Waals surface area contributed by atoms with Crippen molar-refractivity contribution in [2.24, 2.45) is 5.14 Å². The van der Waals surface area contributed by atoms with Gasteiger partial charge in [0.05, 0.1) is 10.5 Å². The number of pyridine rings is 1. The first-order valence-corrected chi connectivity index (χ1v) is 9.51. The maximum Gasteiger partial charge on any atom is 0.418 e. The SMILES string of the molecule is Cc1ncc(C2=C(c3ccc(S(N)(=O)=O)cc3)CCC2)cc1C(F)(F)F. The molecule has 1 heterocycles. The second-order valence-corrected chi connectivity index (χ2v) is 7.80. The van der Waals surface area contributed by atoms with Gasteiger partial charge in [-0.3, -0.25) is 4.98 Å². The van der Waals surface area contributed by atoms with Crippen LogP contribution < -0.4 is 5.14 Å². The van der Waals surface area contributed by atoms with Gasteiger partial charge in [-0.05, 0) is 66.7 Å². The Bertz CT molecular complexity index is 978. The van der Waals surface area contributed by atoms with Crippen LogP contribution in [0, 0.1) is 6.92 Å². The number of benzene rings is 1. The normalized spacial score (nSPS) is 15.6. The number of aromatic nitrogens is 1. The summed E-state index contributed by atoms with van der Waals surface area (Å²) in [6.45, 7) is 1.34. The molecule has 1 aromatic heterocycles. The van der Waals surface area contributed by atoms with Gasteiger partial charge in [-0.1, -0.05) is 12.1 Å². The van der Waals surface area contributed by atoms with Crippen molar-refractivity contribution in [2.75, 3.05) is 0 Å². The van der Waals surface area contributed by atoms with Gasteiger partial charge in [0.1, 0.15) is 0 Å². The van der Waals surface area contributed by atoms with Crippen LogP contribution in [-0.4, -0.2) is 13.4 Å². The number of sulfonamides is 1. The van der Waals surface area contributed by atoms with Gasteiger partial charge < -0.3 is 0 Å². The summed E-state index contributed by atoms with van der Waals surface area (Å²) in [5, 5.41) is 5.10. The van der Waals surface area contributed by atoms with E-state index < -0.39 is 21.8 Å². The van der Waals surface area contributed by atoms with Gasteiger partial charge in [0.25, 0.3) is 0 Å². The molecular weight excluding hydrogens is 365 g/mol. The number of aryl methyl sites for hydroxylation is 1. The number of hydrogen-bond donors (Lipinski definition) is 1. The molecule has 26 heavy (non-hydrogen) atoms. The molecule has 0 radical (unpaired) electrons. The molecule has 0 atom stereocenters. The molecule has 2 N–H and O–H groups in total. The van der Waals surface area contributed by atoms with Crippen molar-refractivity contribution >= 4 is 21.2 Å². The summed E-state index contributed by atoms with van der Waals surface area (Å²) < 4.78 is 62.2. The molecule has 8 heteroatoms. The van der Waals surface area contributed by atoms with Gasteiger partial charge in [0.2, 0.25) is 10.0 Å². The largest absolute Gasteiger partial charge is 0.418 e. The van der Waals surface area contributed by atoms with Crippen molar-refractivity contribution in [1.82, 2.24) is 4.98 Å². The van der Waals surface area contributed by atoms with Gasteiger partial charge >= 0.3 is 6.18 Å². The first-order valence-electron chi connectivity index (χ1n) is 7.97. The monoisotopic (exact) mass is 382 g/mol. The quantitative estimate of drug-likeness (QED) is 0.867. The Balaban J connectivity index is 2.07. The van der Waals surface area contributed by atoms with Crippen LogP contribution in [0.3, 0.4) is 0 Å². The predicted octanol–water partition coefficient (Wildman–Crippen LogP) is 4.15. The smallest absolute Gasteiger partial charge is 0.260 e. The Labute approximate surface area is 149 Å². The Morgan fingerprint density at radius 1 is 1.04 bits per heavy atom. The average Bonchev–Trinajstić information content (AvgIpc) is 3.03. The van der Waals surface area contributed by atoms with Gasteiger partial charge in [-0.15, -0.1) is 0 Å². The molecule has 0 aliphatic heterocycles. The molecule has 2 aromatic rings. The van der Waals surface area contributed by atoms with Gasteiger partial charge in [0, 0.05) is 11.9 Å². The average molecular weight is 382 g/mol. The number of halogens is 3. The molecule has 0 unspecified atom stereocenters. The summed E-state index contributed by atoms with van der Waals surface area (Å²) in [5.74, 6) is 0. The lowest BCUT2D eigenvalue weighted by Crippen LogP contribution is -2.11. The second-order valence-electron chi connectivity index (χ2n) is 6.23. The van der Waals surface area contributed by atoms with Crippen LogP contribution >= 0.6 is 0 Å². The van der Waals surface area contributed by atoms with Crippen molar-refractivity contribution in [3.05, 3.63) is 58.9 Å². The summed E-state index contributed by atoms with van der Waals surface area (Å²) in [5.41, 5.74) is 2.15. The van der Waals surface area contributed by atoms with E-state index in [1.54, 1.807) is 12.1 Å². The molecule has 0 fully saturated rings. The van der Waals surface area contributed by atoms with Gasteiger partial charge in [-0.25, -0.2) is 13.6 Å². The van der Waals surface area contributed by atoms with E-state index in [4.69, 9.17) is 5.14 Å². The van der Waals surface area contributed by atoms with E-state index in [0.29, 0.717) is 18.4 Å². The lowest BCUT2D eigenvalue weighted by molar-refractivity contribution is -0.138. The van der Waals surface area contributed by atoms with Crippen LogP contribution in [0.25, 0.3) is 11.1 Å². The molecule has 4 nitrogen and oxygen atoms in total. The molecule has 0 bridgehead atoms. The lowest BCUT2D eigenvalue weighted by Gasteiger charge is -2.13. The molecule has 138 valence electrons. The number of hydrogen-bond acceptors (Lipinski definition) is 3. The van der Waals surface area contributed by atoms with E-state index in [9.17, 15) is 21.6 Å². The summed E-state index contributed by atoms with van der Waals surface area (Å²) in [6.07, 6.45) is -0.822. The second kappa shape index (κ2) is 6.51. The van der Waals surface area contributed by atoms with Crippen LogP contribution in [0.2, 0.25) is 0 Å². The highest BCUT2D eigenvalue weighted by Crippen LogP contribution is 2.41. The first kappa shape index (κ1) is 18.6. The highest BCUT2D eigenvalue weighted by atomic mass is 32.2. The first-order chi connectivity index (χ1) is 12.1. The minimum atomic E-state index is -4.45. The van der Waals surface area contributed by atoms with Gasteiger partial charge in [-0.2, -0.15) is 13.2 Å². The topological polar surface area (TPSA) is 73.0 Å². The molecule has 0 saturated heterocycles. The standard InChI is InChI=1S/C18H17F3N2O2S/c1-11-17(18(19,20)21)9-13(10-23-11)16-4-2-3-15(16)12-5-7-14(8-6-12)26(22,24)25/h5-10H,2-4H2,1H3,(H2,22,24,25). The van der Waals surface area contributed by atoms with E-state index in [1.807, 2.05) is 0 Å². The van der Waals surface area contributed by atoms with Crippen LogP contribution in [0.15, 0.2) is 41.4 Å². The van der Waals surface area contributed by atoms with E-state index in [0.717, 1.165) is 29.2 Å². The zero-order valence-electron chi connectivity index (χ0n) is 14.0. The predicted molar refractivity (Wildman–Crippen MR) is 92.5 cm³/mol. The number of alkyl halides is 3. The minimum Gasteiger partial charge on any atom is -0.260 e. The summed E-state index contributed by atoms with van der Waals surface area (Å²) in [4.78, 5) is 3.91. The fourth-order valence-corrected chi connectivity index (χ4v) is 3.73. The minimum absolute atomic E-state index is 0.00208. The van der Waals surface area contributed by atoms with Crippen LogP contribution in [-0.2, 0) is 16.2 Å². The molecular formula is C18H17F3N2O2S. The maximum absolute atomic E-state index is 13.2. The summed E-state index contributed by atoms with van der Waals surface area (Å²) >= 11 is 0. The van der Waals surface area contributed by atoms with Crippen molar-refractivity contribution in [1.29, 1.82) is 0 Å². The molecule has 0 saturated carbocycles. The Kier molecular flexibility index (Phi) is 4.66. The van der Waals surface area contributed by atoms with Crippen LogP contribution in [0.4, 0.5) is 13.2 Å². The zero-order chi connectivity index (χ0) is 19.1. The highest BCUT2D eigenvalue weighted by molar-refractivity contribution is 7.89. The number of nitrogens with two attached hydrogens (primary N) is 1. The van der Waals surface area contributed by atoms with E-state index in [1.165, 1.54) is 25.3 Å². The van der Waals surface area contributed by atoms with Crippen molar-refractivity contribution in [2.45, 2.75) is 37.3 Å².